The number of halogens is 4. The van der Waals surface area contributed by atoms with Gasteiger partial charge in [0.2, 0.25) is 0 Å². The second-order valence-corrected chi connectivity index (χ2v) is 5.86. The topological polar surface area (TPSA) is 65.5 Å². The smallest absolute Gasteiger partial charge is 0.355 e. The number of nitrogens with one attached hydrogen (secondary N) is 3. The maximum atomic E-state index is 13.2. The lowest BCUT2D eigenvalue weighted by atomic mass is 10.1. The first-order valence-electron chi connectivity index (χ1n) is 8.35. The Morgan fingerprint density at radius 3 is 2.43 bits per heavy atom. The molecule has 5 nitrogen and oxygen atoms in total. The number of rotatable bonds is 5. The molecule has 28 heavy (non-hydrogen) atoms. The molecule has 0 saturated carbocycles. The lowest BCUT2D eigenvalue weighted by Crippen LogP contribution is -2.36. The van der Waals surface area contributed by atoms with E-state index in [1.807, 2.05) is 0 Å². The minimum absolute atomic E-state index is 0.0986. The SMILES string of the molecule is CN=C(NCc1cccc(C(=O)NC)c1)NCc1ccc(F)cc1C(F)(F)F. The molecule has 0 saturated heterocycles. The van der Waals surface area contributed by atoms with Gasteiger partial charge in [-0.2, -0.15) is 13.2 Å². The molecule has 0 aliphatic rings. The zero-order valence-electron chi connectivity index (χ0n) is 15.3. The summed E-state index contributed by atoms with van der Waals surface area (Å²) in [6, 6.07) is 9.43. The highest BCUT2D eigenvalue weighted by Gasteiger charge is 2.33. The van der Waals surface area contributed by atoms with E-state index in [-0.39, 0.29) is 24.0 Å². The molecule has 0 radical (unpaired) electrons. The van der Waals surface area contributed by atoms with Gasteiger partial charge in [0.1, 0.15) is 5.82 Å². The summed E-state index contributed by atoms with van der Waals surface area (Å²) < 4.78 is 52.4. The van der Waals surface area contributed by atoms with Gasteiger partial charge in [-0.05, 0) is 35.4 Å². The summed E-state index contributed by atoms with van der Waals surface area (Å²) in [4.78, 5) is 15.6. The van der Waals surface area contributed by atoms with Crippen LogP contribution in [-0.4, -0.2) is 26.0 Å². The maximum Gasteiger partial charge on any atom is 0.416 e. The second kappa shape index (κ2) is 9.20. The molecule has 2 rings (SSSR count). The molecule has 0 heterocycles. The Kier molecular flexibility index (Phi) is 6.97. The van der Waals surface area contributed by atoms with E-state index in [2.05, 4.69) is 20.9 Å². The molecule has 0 spiro atoms. The predicted molar refractivity (Wildman–Crippen MR) is 98.3 cm³/mol. The molecular formula is C19H20F4N4O. The minimum atomic E-state index is -4.66. The van der Waals surface area contributed by atoms with Crippen molar-refractivity contribution in [1.29, 1.82) is 0 Å². The summed E-state index contributed by atoms with van der Waals surface area (Å²) >= 11 is 0. The Morgan fingerprint density at radius 1 is 1.07 bits per heavy atom. The molecule has 150 valence electrons. The molecular weight excluding hydrogens is 376 g/mol. The van der Waals surface area contributed by atoms with E-state index in [1.165, 1.54) is 14.1 Å². The number of nitrogens with zero attached hydrogens (tertiary/aromatic N) is 1. The van der Waals surface area contributed by atoms with E-state index in [0.717, 1.165) is 17.7 Å². The quantitative estimate of drug-likeness (QED) is 0.414. The Morgan fingerprint density at radius 2 is 1.79 bits per heavy atom. The van der Waals surface area contributed by atoms with E-state index in [0.29, 0.717) is 18.2 Å². The summed E-state index contributed by atoms with van der Waals surface area (Å²) in [6.07, 6.45) is -4.66. The summed E-state index contributed by atoms with van der Waals surface area (Å²) in [5, 5.41) is 8.27. The van der Waals surface area contributed by atoms with Crippen molar-refractivity contribution < 1.29 is 22.4 Å². The zero-order valence-corrected chi connectivity index (χ0v) is 15.3. The first-order chi connectivity index (χ1) is 13.2. The van der Waals surface area contributed by atoms with Gasteiger partial charge in [-0.25, -0.2) is 4.39 Å². The van der Waals surface area contributed by atoms with E-state index in [4.69, 9.17) is 0 Å². The van der Waals surface area contributed by atoms with Crippen molar-refractivity contribution in [2.45, 2.75) is 19.3 Å². The third kappa shape index (κ3) is 5.70. The first kappa shape index (κ1) is 21.2. The molecule has 3 N–H and O–H groups in total. The molecule has 0 aliphatic heterocycles. The fourth-order valence-electron chi connectivity index (χ4n) is 2.52. The van der Waals surface area contributed by atoms with Crippen LogP contribution in [-0.2, 0) is 19.3 Å². The number of hydrogen-bond donors (Lipinski definition) is 3. The molecule has 0 aliphatic carbocycles. The fourth-order valence-corrected chi connectivity index (χ4v) is 2.52. The van der Waals surface area contributed by atoms with Gasteiger partial charge in [0, 0.05) is 32.7 Å². The number of carbonyl (C=O) groups is 1. The number of aliphatic imine (C=N–C) groups is 1. The minimum Gasteiger partial charge on any atom is -0.355 e. The summed E-state index contributed by atoms with van der Waals surface area (Å²) in [5.74, 6) is -0.905. The van der Waals surface area contributed by atoms with Crippen LogP contribution in [0.1, 0.15) is 27.0 Å². The van der Waals surface area contributed by atoms with Gasteiger partial charge in [0.15, 0.2) is 5.96 Å². The summed E-state index contributed by atoms with van der Waals surface area (Å²) in [7, 11) is 3.01. The van der Waals surface area contributed by atoms with Crippen molar-refractivity contribution in [1.82, 2.24) is 16.0 Å². The standard InChI is InChI=1S/C19H20F4N4O/c1-24-17(28)13-5-3-4-12(8-13)10-26-18(25-2)27-11-14-6-7-15(20)9-16(14)19(21,22)23/h3-9H,10-11H2,1-2H3,(H,24,28)(H2,25,26,27). The monoisotopic (exact) mass is 396 g/mol. The van der Waals surface area contributed by atoms with Gasteiger partial charge in [-0.3, -0.25) is 9.79 Å². The number of hydrogen-bond acceptors (Lipinski definition) is 2. The Bertz CT molecular complexity index is 865. The number of alkyl halides is 3. The van der Waals surface area contributed by atoms with Crippen LogP contribution in [0.3, 0.4) is 0 Å². The van der Waals surface area contributed by atoms with Gasteiger partial charge in [0.05, 0.1) is 5.56 Å². The van der Waals surface area contributed by atoms with Gasteiger partial charge in [-0.1, -0.05) is 18.2 Å². The Labute approximate surface area is 159 Å². The Hall–Kier alpha value is -3.10. The molecule has 1 amide bonds. The van der Waals surface area contributed by atoms with Crippen molar-refractivity contribution in [3.8, 4) is 0 Å². The highest BCUT2D eigenvalue weighted by atomic mass is 19.4. The molecule has 0 unspecified atom stereocenters. The van der Waals surface area contributed by atoms with E-state index in [1.54, 1.807) is 24.3 Å². The molecule has 0 atom stereocenters. The van der Waals surface area contributed by atoms with Crippen molar-refractivity contribution in [2.75, 3.05) is 14.1 Å². The van der Waals surface area contributed by atoms with Crippen LogP contribution in [0.15, 0.2) is 47.5 Å². The van der Waals surface area contributed by atoms with Gasteiger partial charge in [-0.15, -0.1) is 0 Å². The van der Waals surface area contributed by atoms with Crippen LogP contribution >= 0.6 is 0 Å². The molecule has 0 bridgehead atoms. The predicted octanol–water partition coefficient (Wildman–Crippen LogP) is 3.07. The van der Waals surface area contributed by atoms with E-state index < -0.39 is 17.6 Å². The summed E-state index contributed by atoms with van der Waals surface area (Å²) in [5.41, 5.74) is 0.153. The normalized spacial score (nSPS) is 11.9. The largest absolute Gasteiger partial charge is 0.416 e. The number of benzene rings is 2. The van der Waals surface area contributed by atoms with Crippen LogP contribution in [0.4, 0.5) is 17.6 Å². The number of amides is 1. The van der Waals surface area contributed by atoms with Crippen LogP contribution in [0.2, 0.25) is 0 Å². The summed E-state index contributed by atoms with van der Waals surface area (Å²) in [6.45, 7) is 0.118. The van der Waals surface area contributed by atoms with Crippen LogP contribution in [0.25, 0.3) is 0 Å². The molecule has 2 aromatic carbocycles. The van der Waals surface area contributed by atoms with Gasteiger partial charge >= 0.3 is 6.18 Å². The van der Waals surface area contributed by atoms with Crippen LogP contribution in [0.5, 0.6) is 0 Å². The molecule has 0 aromatic heterocycles. The lowest BCUT2D eigenvalue weighted by molar-refractivity contribution is -0.138. The highest BCUT2D eigenvalue weighted by Crippen LogP contribution is 2.32. The lowest BCUT2D eigenvalue weighted by Gasteiger charge is -2.16. The van der Waals surface area contributed by atoms with E-state index in [9.17, 15) is 22.4 Å². The fraction of sp³-hybridized carbons (Fsp3) is 0.263. The Balaban J connectivity index is 2.02. The van der Waals surface area contributed by atoms with E-state index >= 15 is 0 Å². The third-order valence-electron chi connectivity index (χ3n) is 3.92. The van der Waals surface area contributed by atoms with Crippen molar-refractivity contribution >= 4 is 11.9 Å². The average Bonchev–Trinajstić information content (AvgIpc) is 2.67. The van der Waals surface area contributed by atoms with Gasteiger partial charge < -0.3 is 16.0 Å². The second-order valence-electron chi connectivity index (χ2n) is 5.86. The maximum absolute atomic E-state index is 13.2. The van der Waals surface area contributed by atoms with Crippen molar-refractivity contribution in [3.63, 3.8) is 0 Å². The van der Waals surface area contributed by atoms with Crippen molar-refractivity contribution in [3.05, 3.63) is 70.5 Å². The van der Waals surface area contributed by atoms with Crippen LogP contribution < -0.4 is 16.0 Å². The molecule has 2 aromatic rings. The molecule has 0 fully saturated rings. The zero-order chi connectivity index (χ0) is 20.7. The van der Waals surface area contributed by atoms with Gasteiger partial charge in [0.25, 0.3) is 5.91 Å². The average molecular weight is 396 g/mol. The molecule has 9 heteroatoms. The number of carbonyl (C=O) groups excluding carboxylic acids is 1. The third-order valence-corrected chi connectivity index (χ3v) is 3.92. The van der Waals surface area contributed by atoms with Crippen LogP contribution in [0, 0.1) is 5.82 Å². The van der Waals surface area contributed by atoms with Crippen molar-refractivity contribution in [2.24, 2.45) is 4.99 Å². The number of guanidine groups is 1. The highest BCUT2D eigenvalue weighted by molar-refractivity contribution is 5.94. The first-order valence-corrected chi connectivity index (χ1v) is 8.35.